The Kier molecular flexibility index (Phi) is 5.02. The van der Waals surface area contributed by atoms with Crippen LogP contribution in [-0.2, 0) is 4.74 Å². The van der Waals surface area contributed by atoms with Crippen molar-refractivity contribution in [3.63, 3.8) is 0 Å². The molecule has 0 amide bonds. The highest BCUT2D eigenvalue weighted by molar-refractivity contribution is 6.08. The number of halogens is 1. The van der Waals surface area contributed by atoms with E-state index in [0.29, 0.717) is 22.2 Å². The number of esters is 1. The van der Waals surface area contributed by atoms with Crippen LogP contribution >= 0.6 is 0 Å². The maximum absolute atomic E-state index is 13.6. The first-order valence-corrected chi connectivity index (χ1v) is 8.29. The molecule has 1 heterocycles. The largest absolute Gasteiger partial charge is 0.461 e. The van der Waals surface area contributed by atoms with E-state index in [9.17, 15) is 14.0 Å². The highest BCUT2D eigenvalue weighted by atomic mass is 19.1. The Morgan fingerprint density at radius 2 is 1.88 bits per heavy atom. The number of nitrogens with zero attached hydrogens (tertiary/aromatic N) is 1. The van der Waals surface area contributed by atoms with E-state index in [0.717, 1.165) is 0 Å². The van der Waals surface area contributed by atoms with Crippen LogP contribution in [0.4, 0.5) is 10.1 Å². The Morgan fingerprint density at radius 3 is 2.58 bits per heavy atom. The van der Waals surface area contributed by atoms with Crippen molar-refractivity contribution >= 4 is 28.3 Å². The van der Waals surface area contributed by atoms with Gasteiger partial charge in [-0.15, -0.1) is 0 Å². The number of H-pyrrole nitrogens is 1. The molecule has 0 aliphatic rings. The van der Waals surface area contributed by atoms with Crippen molar-refractivity contribution in [1.82, 2.24) is 4.98 Å². The molecule has 0 saturated heterocycles. The number of fused-ring (bicyclic) bond motifs is 1. The van der Waals surface area contributed by atoms with Gasteiger partial charge in [0.05, 0.1) is 24.4 Å². The smallest absolute Gasteiger partial charge is 0.356 e. The molecule has 3 rings (SSSR count). The molecular weight excluding hydrogens is 335 g/mol. The third-order valence-electron chi connectivity index (χ3n) is 4.07. The van der Waals surface area contributed by atoms with Crippen molar-refractivity contribution < 1.29 is 18.7 Å². The summed E-state index contributed by atoms with van der Waals surface area (Å²) in [4.78, 5) is 29.4. The molecule has 134 valence electrons. The number of aromatic amines is 1. The van der Waals surface area contributed by atoms with Gasteiger partial charge in [0, 0.05) is 18.0 Å². The fraction of sp³-hybridized carbons (Fsp3) is 0.200. The summed E-state index contributed by atoms with van der Waals surface area (Å²) in [5.74, 6) is -1.04. The molecule has 0 atom stereocenters. The van der Waals surface area contributed by atoms with Crippen molar-refractivity contribution in [3.8, 4) is 0 Å². The van der Waals surface area contributed by atoms with Crippen LogP contribution in [0, 0.1) is 5.82 Å². The number of benzene rings is 2. The Bertz CT molecular complexity index is 950. The number of carbonyl (C=O) groups is 2. The van der Waals surface area contributed by atoms with Gasteiger partial charge in [-0.1, -0.05) is 30.3 Å². The second-order valence-corrected chi connectivity index (χ2v) is 5.90. The number of ketones is 1. The molecule has 26 heavy (non-hydrogen) atoms. The average Bonchev–Trinajstić information content (AvgIpc) is 3.01. The molecule has 0 unspecified atom stereocenters. The maximum Gasteiger partial charge on any atom is 0.356 e. The number of nitrogens with one attached hydrogen (secondary N) is 1. The van der Waals surface area contributed by atoms with Gasteiger partial charge in [0.25, 0.3) is 0 Å². The lowest BCUT2D eigenvalue weighted by Crippen LogP contribution is -2.27. The first-order chi connectivity index (χ1) is 12.5. The Morgan fingerprint density at radius 1 is 1.15 bits per heavy atom. The number of anilines is 1. The minimum Gasteiger partial charge on any atom is -0.461 e. The molecule has 5 nitrogen and oxygen atoms in total. The first-order valence-electron chi connectivity index (χ1n) is 8.29. The van der Waals surface area contributed by atoms with E-state index in [1.807, 2.05) is 6.07 Å². The number of hydrogen-bond acceptors (Lipinski definition) is 4. The van der Waals surface area contributed by atoms with Gasteiger partial charge in [0.15, 0.2) is 5.78 Å². The lowest BCUT2D eigenvalue weighted by atomic mass is 10.1. The quantitative estimate of drug-likeness (QED) is 0.540. The molecule has 1 aromatic heterocycles. The molecule has 0 aliphatic heterocycles. The van der Waals surface area contributed by atoms with E-state index in [-0.39, 0.29) is 24.6 Å². The van der Waals surface area contributed by atoms with Gasteiger partial charge >= 0.3 is 5.97 Å². The van der Waals surface area contributed by atoms with Crippen LogP contribution in [0.1, 0.15) is 27.8 Å². The van der Waals surface area contributed by atoms with E-state index >= 15 is 0 Å². The molecule has 3 aromatic rings. The van der Waals surface area contributed by atoms with Gasteiger partial charge in [-0.05, 0) is 25.1 Å². The van der Waals surface area contributed by atoms with Crippen LogP contribution in [0.25, 0.3) is 10.9 Å². The van der Waals surface area contributed by atoms with Gasteiger partial charge in [0.2, 0.25) is 0 Å². The third-order valence-corrected chi connectivity index (χ3v) is 4.07. The van der Waals surface area contributed by atoms with Gasteiger partial charge in [0.1, 0.15) is 11.5 Å². The maximum atomic E-state index is 13.6. The zero-order valence-electron chi connectivity index (χ0n) is 14.6. The molecule has 0 aliphatic carbocycles. The summed E-state index contributed by atoms with van der Waals surface area (Å²) >= 11 is 0. The topological polar surface area (TPSA) is 62.4 Å². The van der Waals surface area contributed by atoms with E-state index in [2.05, 4.69) is 4.98 Å². The fourth-order valence-electron chi connectivity index (χ4n) is 2.91. The van der Waals surface area contributed by atoms with Crippen LogP contribution in [-0.4, -0.2) is 36.9 Å². The Labute approximate surface area is 150 Å². The molecular formula is C20H19FN2O3. The number of ether oxygens (including phenoxy) is 1. The summed E-state index contributed by atoms with van der Waals surface area (Å²) in [6, 6.07) is 13.1. The van der Waals surface area contributed by atoms with Crippen molar-refractivity contribution in [2.75, 3.05) is 25.1 Å². The number of rotatable bonds is 6. The second-order valence-electron chi connectivity index (χ2n) is 5.90. The number of Topliss-reactive ketones (excluding diaryl/α,β-unsaturated/α-hetero) is 1. The number of aromatic nitrogens is 1. The summed E-state index contributed by atoms with van der Waals surface area (Å²) in [5, 5.41) is 0.651. The summed E-state index contributed by atoms with van der Waals surface area (Å²) in [6.45, 7) is 2.00. The van der Waals surface area contributed by atoms with Gasteiger partial charge < -0.3 is 14.6 Å². The normalized spacial score (nSPS) is 10.7. The van der Waals surface area contributed by atoms with E-state index < -0.39 is 11.8 Å². The second kappa shape index (κ2) is 7.39. The fourth-order valence-corrected chi connectivity index (χ4v) is 2.91. The minimum atomic E-state index is -0.543. The molecule has 0 radical (unpaired) electrons. The summed E-state index contributed by atoms with van der Waals surface area (Å²) < 4.78 is 18.6. The number of carbonyl (C=O) groups excluding carboxylic acids is 2. The van der Waals surface area contributed by atoms with Crippen molar-refractivity contribution in [2.24, 2.45) is 0 Å². The third kappa shape index (κ3) is 3.44. The van der Waals surface area contributed by atoms with Gasteiger partial charge in [-0.25, -0.2) is 9.18 Å². The zero-order chi connectivity index (χ0) is 18.7. The Hall–Kier alpha value is -3.15. The summed E-state index contributed by atoms with van der Waals surface area (Å²) in [7, 11) is 1.72. The van der Waals surface area contributed by atoms with Crippen molar-refractivity contribution in [2.45, 2.75) is 6.92 Å². The lowest BCUT2D eigenvalue weighted by molar-refractivity contribution is 0.0521. The van der Waals surface area contributed by atoms with Crippen molar-refractivity contribution in [1.29, 1.82) is 0 Å². The number of likely N-dealkylation sites (N-methyl/N-ethyl adjacent to an activating group) is 1. The minimum absolute atomic E-state index is 0.0702. The van der Waals surface area contributed by atoms with E-state index in [1.54, 1.807) is 49.2 Å². The molecule has 0 bridgehead atoms. The number of hydrogen-bond donors (Lipinski definition) is 1. The molecule has 1 N–H and O–H groups in total. The highest BCUT2D eigenvalue weighted by Gasteiger charge is 2.23. The van der Waals surface area contributed by atoms with Crippen LogP contribution in [0.15, 0.2) is 48.5 Å². The summed E-state index contributed by atoms with van der Waals surface area (Å²) in [6.07, 6.45) is 0. The molecule has 2 aromatic carbocycles. The van der Waals surface area contributed by atoms with Crippen LogP contribution in [0.5, 0.6) is 0 Å². The zero-order valence-corrected chi connectivity index (χ0v) is 14.6. The molecule has 0 fully saturated rings. The van der Waals surface area contributed by atoms with Crippen LogP contribution < -0.4 is 4.90 Å². The first kappa shape index (κ1) is 17.7. The van der Waals surface area contributed by atoms with Crippen molar-refractivity contribution in [3.05, 3.63) is 65.6 Å². The molecule has 6 heteroatoms. The average molecular weight is 354 g/mol. The van der Waals surface area contributed by atoms with Crippen LogP contribution in [0.2, 0.25) is 0 Å². The van der Waals surface area contributed by atoms with Gasteiger partial charge in [-0.2, -0.15) is 0 Å². The Balaban J connectivity index is 2.00. The molecule has 0 saturated carbocycles. The summed E-state index contributed by atoms with van der Waals surface area (Å²) in [5.41, 5.74) is 1.78. The predicted molar refractivity (Wildman–Crippen MR) is 98.3 cm³/mol. The predicted octanol–water partition coefficient (Wildman–Crippen LogP) is 3.80. The standard InChI is InChI=1S/C20H19FN2O3/c1-3-26-20(25)18-19(15-10-9-14(21)11-16(15)22-18)23(2)12-17(24)13-7-5-4-6-8-13/h4-11,22H,3,12H2,1-2H3. The van der Waals surface area contributed by atoms with E-state index in [1.165, 1.54) is 12.1 Å². The van der Waals surface area contributed by atoms with Crippen LogP contribution in [0.3, 0.4) is 0 Å². The van der Waals surface area contributed by atoms with E-state index in [4.69, 9.17) is 4.74 Å². The highest BCUT2D eigenvalue weighted by Crippen LogP contribution is 2.31. The lowest BCUT2D eigenvalue weighted by Gasteiger charge is -2.19. The molecule has 0 spiro atoms. The monoisotopic (exact) mass is 354 g/mol. The SMILES string of the molecule is CCOC(=O)c1[nH]c2cc(F)ccc2c1N(C)CC(=O)c1ccccc1. The van der Waals surface area contributed by atoms with Gasteiger partial charge in [-0.3, -0.25) is 4.79 Å².